The summed E-state index contributed by atoms with van der Waals surface area (Å²) in [6.45, 7) is 0. The highest BCUT2D eigenvalue weighted by Crippen LogP contribution is 2.20. The van der Waals surface area contributed by atoms with Gasteiger partial charge in [0.2, 0.25) is 0 Å². The maximum atomic E-state index is 4.99. The Morgan fingerprint density at radius 2 is 2.00 bits per heavy atom. The molecule has 0 aromatic heterocycles. The molecule has 0 aliphatic heterocycles. The molecule has 0 amide bonds. The van der Waals surface area contributed by atoms with E-state index < -0.39 is 0 Å². The Bertz CT molecular complexity index is 40.6. The van der Waals surface area contributed by atoms with Crippen LogP contribution in [0.25, 0.3) is 0 Å². The van der Waals surface area contributed by atoms with Crippen molar-refractivity contribution >= 4 is 12.4 Å². The number of methoxy groups -OCH3 is 1. The molecule has 2 heteroatoms. The molecule has 1 saturated carbocycles. The Kier molecular flexibility index (Phi) is 3.39. The van der Waals surface area contributed by atoms with Crippen LogP contribution in [0.5, 0.6) is 0 Å². The molecule has 1 aliphatic carbocycles. The lowest BCUT2D eigenvalue weighted by Crippen LogP contribution is -2.18. The van der Waals surface area contributed by atoms with Crippen molar-refractivity contribution < 1.29 is 4.74 Å². The van der Waals surface area contributed by atoms with Crippen molar-refractivity contribution in [3.63, 3.8) is 0 Å². The summed E-state index contributed by atoms with van der Waals surface area (Å²) in [5, 5.41) is 0. The molecule has 0 N–H and O–H groups in total. The molecule has 1 aliphatic rings. The number of halogens is 1. The van der Waals surface area contributed by atoms with Gasteiger partial charge >= 0.3 is 0 Å². The molecule has 0 aromatic carbocycles. The minimum Gasteiger partial charge on any atom is -0.381 e. The van der Waals surface area contributed by atoms with E-state index in [9.17, 15) is 0 Å². The van der Waals surface area contributed by atoms with Crippen LogP contribution < -0.4 is 0 Å². The summed E-state index contributed by atoms with van der Waals surface area (Å²) < 4.78 is 4.99. The average Bonchev–Trinajstić information content (AvgIpc) is 1.31. The highest BCUT2D eigenvalue weighted by Gasteiger charge is 2.14. The van der Waals surface area contributed by atoms with Crippen LogP contribution in [0, 0.1) is 0 Å². The summed E-state index contributed by atoms with van der Waals surface area (Å²) in [5.74, 6) is 0. The van der Waals surface area contributed by atoms with Gasteiger partial charge in [0.05, 0.1) is 6.10 Å². The second-order valence-electron chi connectivity index (χ2n) is 1.79. The van der Waals surface area contributed by atoms with Crippen molar-refractivity contribution in [1.82, 2.24) is 0 Å². The van der Waals surface area contributed by atoms with Crippen molar-refractivity contribution in [2.45, 2.75) is 25.4 Å². The van der Waals surface area contributed by atoms with E-state index in [2.05, 4.69) is 0 Å². The number of rotatable bonds is 1. The van der Waals surface area contributed by atoms with Gasteiger partial charge < -0.3 is 4.74 Å². The molecule has 7 heavy (non-hydrogen) atoms. The fourth-order valence-electron chi connectivity index (χ4n) is 0.606. The Morgan fingerprint density at radius 1 is 1.43 bits per heavy atom. The van der Waals surface area contributed by atoms with E-state index in [1.165, 1.54) is 19.3 Å². The third-order valence-electron chi connectivity index (χ3n) is 1.39. The van der Waals surface area contributed by atoms with E-state index in [0.29, 0.717) is 6.10 Å². The van der Waals surface area contributed by atoms with Crippen LogP contribution in [-0.2, 0) is 4.74 Å². The predicted molar refractivity (Wildman–Crippen MR) is 31.9 cm³/mol. The first-order valence-corrected chi connectivity index (χ1v) is 2.46. The fraction of sp³-hybridized carbons (Fsp3) is 1.00. The molecule has 1 nitrogen and oxygen atoms in total. The van der Waals surface area contributed by atoms with Gasteiger partial charge in [0.25, 0.3) is 0 Å². The molecule has 0 atom stereocenters. The van der Waals surface area contributed by atoms with Gasteiger partial charge in [-0.05, 0) is 19.3 Å². The molecule has 1 fully saturated rings. The van der Waals surface area contributed by atoms with Gasteiger partial charge in [-0.25, -0.2) is 0 Å². The van der Waals surface area contributed by atoms with E-state index in [1.54, 1.807) is 7.11 Å². The molecule has 0 radical (unpaired) electrons. The number of hydrogen-bond acceptors (Lipinski definition) is 1. The van der Waals surface area contributed by atoms with Gasteiger partial charge in [0.15, 0.2) is 0 Å². The number of ether oxygens (including phenoxy) is 1. The number of hydrogen-bond donors (Lipinski definition) is 0. The molecular formula is C5H11ClO. The van der Waals surface area contributed by atoms with Crippen molar-refractivity contribution in [3.8, 4) is 0 Å². The first-order chi connectivity index (χ1) is 2.93. The molecule has 0 aromatic rings. The lowest BCUT2D eigenvalue weighted by molar-refractivity contribution is 0.0412. The zero-order chi connectivity index (χ0) is 4.41. The van der Waals surface area contributed by atoms with E-state index in [4.69, 9.17) is 4.74 Å². The normalized spacial score (nSPS) is 20.1. The molecule has 0 bridgehead atoms. The quantitative estimate of drug-likeness (QED) is 0.514. The van der Waals surface area contributed by atoms with Crippen molar-refractivity contribution in [1.29, 1.82) is 0 Å². The average molecular weight is 123 g/mol. The molecule has 0 saturated heterocycles. The van der Waals surface area contributed by atoms with Gasteiger partial charge in [0.1, 0.15) is 0 Å². The first-order valence-electron chi connectivity index (χ1n) is 2.46. The Morgan fingerprint density at radius 3 is 2.00 bits per heavy atom. The van der Waals surface area contributed by atoms with Crippen LogP contribution in [0.1, 0.15) is 19.3 Å². The minimum absolute atomic E-state index is 0. The summed E-state index contributed by atoms with van der Waals surface area (Å²) in [6, 6.07) is 0. The van der Waals surface area contributed by atoms with Crippen LogP contribution >= 0.6 is 12.4 Å². The molecular weight excluding hydrogens is 112 g/mol. The topological polar surface area (TPSA) is 9.23 Å². The van der Waals surface area contributed by atoms with Crippen LogP contribution in [0.15, 0.2) is 0 Å². The van der Waals surface area contributed by atoms with Crippen LogP contribution in [-0.4, -0.2) is 13.2 Å². The SMILES string of the molecule is COC1CCC1.Cl. The van der Waals surface area contributed by atoms with E-state index in [1.807, 2.05) is 0 Å². The lowest BCUT2D eigenvalue weighted by Gasteiger charge is -2.22. The van der Waals surface area contributed by atoms with Gasteiger partial charge in [-0.2, -0.15) is 0 Å². The van der Waals surface area contributed by atoms with Crippen molar-refractivity contribution in [2.75, 3.05) is 7.11 Å². The van der Waals surface area contributed by atoms with Gasteiger partial charge in [-0.3, -0.25) is 0 Å². The second-order valence-corrected chi connectivity index (χ2v) is 1.79. The molecule has 44 valence electrons. The maximum absolute atomic E-state index is 4.99. The zero-order valence-corrected chi connectivity index (χ0v) is 5.33. The first kappa shape index (κ1) is 7.25. The van der Waals surface area contributed by atoms with Crippen LogP contribution in [0.4, 0.5) is 0 Å². The van der Waals surface area contributed by atoms with Crippen LogP contribution in [0.2, 0.25) is 0 Å². The maximum Gasteiger partial charge on any atom is 0.0571 e. The predicted octanol–water partition coefficient (Wildman–Crippen LogP) is 1.61. The summed E-state index contributed by atoms with van der Waals surface area (Å²) >= 11 is 0. The minimum atomic E-state index is 0. The zero-order valence-electron chi connectivity index (χ0n) is 4.52. The standard InChI is InChI=1S/C5H10O.ClH/c1-6-5-3-2-4-5;/h5H,2-4H2,1H3;1H. The summed E-state index contributed by atoms with van der Waals surface area (Å²) in [5.41, 5.74) is 0. The molecule has 0 heterocycles. The van der Waals surface area contributed by atoms with E-state index >= 15 is 0 Å². The lowest BCUT2D eigenvalue weighted by atomic mass is 9.96. The summed E-state index contributed by atoms with van der Waals surface area (Å²) in [7, 11) is 1.78. The third-order valence-corrected chi connectivity index (χ3v) is 1.39. The van der Waals surface area contributed by atoms with Crippen molar-refractivity contribution in [2.24, 2.45) is 0 Å². The fourth-order valence-corrected chi connectivity index (χ4v) is 0.606. The van der Waals surface area contributed by atoms with Gasteiger partial charge in [0, 0.05) is 7.11 Å². The third kappa shape index (κ3) is 1.66. The highest BCUT2D eigenvalue weighted by molar-refractivity contribution is 5.85. The van der Waals surface area contributed by atoms with Crippen molar-refractivity contribution in [3.05, 3.63) is 0 Å². The van der Waals surface area contributed by atoms with E-state index in [0.717, 1.165) is 0 Å². The van der Waals surface area contributed by atoms with Gasteiger partial charge in [-0.15, -0.1) is 12.4 Å². The second kappa shape index (κ2) is 3.28. The molecule has 1 rings (SSSR count). The van der Waals surface area contributed by atoms with E-state index in [-0.39, 0.29) is 12.4 Å². The largest absolute Gasteiger partial charge is 0.381 e. The Balaban J connectivity index is 0.000000360. The Hall–Kier alpha value is 0.250. The smallest absolute Gasteiger partial charge is 0.0571 e. The highest BCUT2D eigenvalue weighted by atomic mass is 35.5. The Labute approximate surface area is 50.5 Å². The molecule has 0 unspecified atom stereocenters. The van der Waals surface area contributed by atoms with Gasteiger partial charge in [-0.1, -0.05) is 0 Å². The van der Waals surface area contributed by atoms with Crippen LogP contribution in [0.3, 0.4) is 0 Å². The molecule has 0 spiro atoms. The summed E-state index contributed by atoms with van der Waals surface area (Å²) in [6.07, 6.45) is 4.57. The summed E-state index contributed by atoms with van der Waals surface area (Å²) in [4.78, 5) is 0. The monoisotopic (exact) mass is 122 g/mol.